The van der Waals surface area contributed by atoms with Gasteiger partial charge in [0.05, 0.1) is 5.39 Å². The largest absolute Gasteiger partial charge is 0.355 e. The van der Waals surface area contributed by atoms with Gasteiger partial charge in [-0.3, -0.25) is 0 Å². The van der Waals surface area contributed by atoms with E-state index >= 15 is 0 Å². The quantitative estimate of drug-likeness (QED) is 0.836. The van der Waals surface area contributed by atoms with E-state index in [1.54, 1.807) is 17.7 Å². The van der Waals surface area contributed by atoms with Crippen LogP contribution in [0.3, 0.4) is 0 Å². The minimum Gasteiger partial charge on any atom is -0.355 e. The molecule has 0 saturated carbocycles. The Balaban J connectivity index is 2.01. The molecule has 1 aliphatic heterocycles. The van der Waals surface area contributed by atoms with Crippen LogP contribution in [0.15, 0.2) is 12.4 Å². The molecule has 0 aromatic carbocycles. The summed E-state index contributed by atoms with van der Waals surface area (Å²) in [4.78, 5) is 14.0. The Kier molecular flexibility index (Phi) is 3.44. The number of anilines is 1. The number of aromatic nitrogens is 2. The maximum absolute atomic E-state index is 4.57. The fourth-order valence-electron chi connectivity index (χ4n) is 3.16. The van der Waals surface area contributed by atoms with Crippen LogP contribution in [0, 0.1) is 11.8 Å². The van der Waals surface area contributed by atoms with E-state index in [9.17, 15) is 0 Å². The molecule has 2 atom stereocenters. The maximum atomic E-state index is 4.57. The number of hydrogen-bond acceptors (Lipinski definition) is 4. The lowest BCUT2D eigenvalue weighted by Gasteiger charge is -2.36. The molecule has 0 radical (unpaired) electrons. The van der Waals surface area contributed by atoms with Crippen molar-refractivity contribution in [3.8, 4) is 0 Å². The molecule has 1 fully saturated rings. The van der Waals surface area contributed by atoms with Crippen molar-refractivity contribution in [2.75, 3.05) is 18.0 Å². The molecule has 102 valence electrons. The Hall–Kier alpha value is -1.16. The molecule has 0 aliphatic carbocycles. The Morgan fingerprint density at radius 2 is 2.00 bits per heavy atom. The van der Waals surface area contributed by atoms with E-state index < -0.39 is 0 Å². The molecule has 2 aromatic rings. The summed E-state index contributed by atoms with van der Waals surface area (Å²) in [6, 6.07) is 2.28. The molecule has 1 aliphatic rings. The topological polar surface area (TPSA) is 29.0 Å². The highest BCUT2D eigenvalue weighted by atomic mass is 32.1. The summed E-state index contributed by atoms with van der Waals surface area (Å²) in [7, 11) is 0. The van der Waals surface area contributed by atoms with Gasteiger partial charge in [0.15, 0.2) is 0 Å². The maximum Gasteiger partial charge on any atom is 0.140 e. The van der Waals surface area contributed by atoms with E-state index in [0.717, 1.165) is 42.0 Å². The molecule has 1 saturated heterocycles. The number of hydrogen-bond donors (Lipinski definition) is 0. The molecular formula is C15H21N3S. The highest BCUT2D eigenvalue weighted by Gasteiger charge is 2.24. The van der Waals surface area contributed by atoms with Gasteiger partial charge in [0.1, 0.15) is 17.0 Å². The van der Waals surface area contributed by atoms with E-state index in [0.29, 0.717) is 0 Å². The summed E-state index contributed by atoms with van der Waals surface area (Å²) in [6.45, 7) is 9.11. The van der Waals surface area contributed by atoms with Gasteiger partial charge < -0.3 is 4.90 Å². The Morgan fingerprint density at radius 1 is 1.26 bits per heavy atom. The predicted molar refractivity (Wildman–Crippen MR) is 82.0 cm³/mol. The van der Waals surface area contributed by atoms with Crippen LogP contribution in [0.4, 0.5) is 5.82 Å². The highest BCUT2D eigenvalue weighted by molar-refractivity contribution is 7.18. The average Bonchev–Trinajstić information content (AvgIpc) is 2.80. The molecule has 3 heterocycles. The first-order chi connectivity index (χ1) is 9.17. The van der Waals surface area contributed by atoms with Crippen molar-refractivity contribution in [3.63, 3.8) is 0 Å². The van der Waals surface area contributed by atoms with Gasteiger partial charge in [-0.05, 0) is 30.7 Å². The van der Waals surface area contributed by atoms with Crippen LogP contribution in [0.1, 0.15) is 32.1 Å². The van der Waals surface area contributed by atoms with Gasteiger partial charge in [-0.15, -0.1) is 11.3 Å². The third-order valence-corrected chi connectivity index (χ3v) is 5.06. The Labute approximate surface area is 118 Å². The number of aryl methyl sites for hydroxylation is 1. The van der Waals surface area contributed by atoms with E-state index in [1.807, 2.05) is 0 Å². The molecule has 0 N–H and O–H groups in total. The summed E-state index contributed by atoms with van der Waals surface area (Å²) >= 11 is 1.80. The summed E-state index contributed by atoms with van der Waals surface area (Å²) in [6.07, 6.45) is 4.12. The van der Waals surface area contributed by atoms with Crippen LogP contribution in [-0.2, 0) is 6.42 Å². The molecule has 0 unspecified atom stereocenters. The van der Waals surface area contributed by atoms with Gasteiger partial charge in [-0.25, -0.2) is 9.97 Å². The second-order valence-corrected chi connectivity index (χ2v) is 6.95. The summed E-state index contributed by atoms with van der Waals surface area (Å²) in [5, 5.41) is 1.24. The van der Waals surface area contributed by atoms with Crippen LogP contribution in [-0.4, -0.2) is 23.1 Å². The molecule has 3 rings (SSSR count). The third-order valence-electron chi connectivity index (χ3n) is 3.88. The number of piperidine rings is 1. The van der Waals surface area contributed by atoms with Crippen molar-refractivity contribution in [2.45, 2.75) is 33.6 Å². The summed E-state index contributed by atoms with van der Waals surface area (Å²) in [5.41, 5.74) is 0. The lowest BCUT2D eigenvalue weighted by Crippen LogP contribution is -2.39. The van der Waals surface area contributed by atoms with Crippen molar-refractivity contribution in [2.24, 2.45) is 11.8 Å². The van der Waals surface area contributed by atoms with Crippen LogP contribution in [0.25, 0.3) is 10.2 Å². The van der Waals surface area contributed by atoms with Crippen molar-refractivity contribution in [3.05, 3.63) is 17.3 Å². The standard InChI is InChI=1S/C15H21N3S/c1-4-12-6-13-14(16-9-17-15(13)19-12)18-7-10(2)5-11(3)8-18/h6,9-11H,4-5,7-8H2,1-3H3/t10-,11-/m1/s1. The van der Waals surface area contributed by atoms with Crippen molar-refractivity contribution < 1.29 is 0 Å². The molecule has 0 spiro atoms. The smallest absolute Gasteiger partial charge is 0.140 e. The van der Waals surface area contributed by atoms with Gasteiger partial charge in [-0.2, -0.15) is 0 Å². The second-order valence-electron chi connectivity index (χ2n) is 5.83. The van der Waals surface area contributed by atoms with Crippen molar-refractivity contribution >= 4 is 27.4 Å². The van der Waals surface area contributed by atoms with Crippen LogP contribution >= 0.6 is 11.3 Å². The summed E-state index contributed by atoms with van der Waals surface area (Å²) in [5.74, 6) is 2.63. The van der Waals surface area contributed by atoms with E-state index in [-0.39, 0.29) is 0 Å². The first-order valence-corrected chi connectivity index (χ1v) is 7.97. The fourth-order valence-corrected chi connectivity index (χ4v) is 4.08. The number of fused-ring (bicyclic) bond motifs is 1. The third kappa shape index (κ3) is 2.46. The fraction of sp³-hybridized carbons (Fsp3) is 0.600. The zero-order valence-electron chi connectivity index (χ0n) is 11.9. The lowest BCUT2D eigenvalue weighted by atomic mass is 9.92. The Bertz CT molecular complexity index is 568. The van der Waals surface area contributed by atoms with Crippen LogP contribution in [0.5, 0.6) is 0 Å². The van der Waals surface area contributed by atoms with E-state index in [1.165, 1.54) is 16.7 Å². The molecular weight excluding hydrogens is 254 g/mol. The molecule has 2 aromatic heterocycles. The molecule has 0 bridgehead atoms. The molecule has 3 nitrogen and oxygen atoms in total. The van der Waals surface area contributed by atoms with Gasteiger partial charge in [-0.1, -0.05) is 20.8 Å². The van der Waals surface area contributed by atoms with Crippen molar-refractivity contribution in [1.29, 1.82) is 0 Å². The van der Waals surface area contributed by atoms with Gasteiger partial charge in [0.25, 0.3) is 0 Å². The minimum atomic E-state index is 0.748. The Morgan fingerprint density at radius 3 is 2.68 bits per heavy atom. The first kappa shape index (κ1) is 12.9. The molecule has 19 heavy (non-hydrogen) atoms. The average molecular weight is 275 g/mol. The van der Waals surface area contributed by atoms with Crippen LogP contribution in [0.2, 0.25) is 0 Å². The molecule has 4 heteroatoms. The first-order valence-electron chi connectivity index (χ1n) is 7.15. The zero-order valence-corrected chi connectivity index (χ0v) is 12.7. The lowest BCUT2D eigenvalue weighted by molar-refractivity contribution is 0.356. The predicted octanol–water partition coefficient (Wildman–Crippen LogP) is 3.74. The van der Waals surface area contributed by atoms with E-state index in [4.69, 9.17) is 0 Å². The zero-order chi connectivity index (χ0) is 13.4. The summed E-state index contributed by atoms with van der Waals surface area (Å²) < 4.78 is 0. The monoisotopic (exact) mass is 275 g/mol. The minimum absolute atomic E-state index is 0.748. The molecule has 0 amide bonds. The number of thiophene rings is 1. The second kappa shape index (κ2) is 5.08. The van der Waals surface area contributed by atoms with Gasteiger partial charge in [0, 0.05) is 18.0 Å². The SMILES string of the molecule is CCc1cc2c(N3C[C@H](C)C[C@@H](C)C3)ncnc2s1. The number of nitrogens with zero attached hydrogens (tertiary/aromatic N) is 3. The van der Waals surface area contributed by atoms with Gasteiger partial charge >= 0.3 is 0 Å². The van der Waals surface area contributed by atoms with Crippen molar-refractivity contribution in [1.82, 2.24) is 9.97 Å². The highest BCUT2D eigenvalue weighted by Crippen LogP contribution is 2.33. The van der Waals surface area contributed by atoms with E-state index in [2.05, 4.69) is 41.7 Å². The van der Waals surface area contributed by atoms with Crippen LogP contribution < -0.4 is 4.90 Å². The number of rotatable bonds is 2. The van der Waals surface area contributed by atoms with Gasteiger partial charge in [0.2, 0.25) is 0 Å². The normalized spacial score (nSPS) is 24.1.